The van der Waals surface area contributed by atoms with Crippen LogP contribution in [0, 0.1) is 18.3 Å². The first-order chi connectivity index (χ1) is 11.6. The van der Waals surface area contributed by atoms with E-state index in [2.05, 4.69) is 21.3 Å². The Hall–Kier alpha value is -3.05. The normalized spacial score (nSPS) is 12.5. The number of aryl methyl sites for hydroxylation is 1. The first-order valence-electron chi connectivity index (χ1n) is 7.16. The molecule has 0 saturated carbocycles. The van der Waals surface area contributed by atoms with E-state index in [0.717, 1.165) is 16.6 Å². The topological polar surface area (TPSA) is 88.9 Å². The van der Waals surface area contributed by atoms with Crippen molar-refractivity contribution in [1.82, 2.24) is 24.1 Å². The Balaban J connectivity index is 2.22. The molecule has 0 radical (unpaired) electrons. The standard InChI is InChI=1S/C16H12N6OS/c1-10-7-14(21-9-18-20-16(21)24(2)23)22-13-6-4-3-5-12(13)19-15(22)11(10)8-17/h3-7,9H,1-2H3. The number of imidazole rings is 1. The molecule has 1 aromatic carbocycles. The summed E-state index contributed by atoms with van der Waals surface area (Å²) < 4.78 is 15.5. The van der Waals surface area contributed by atoms with Gasteiger partial charge in [-0.05, 0) is 30.7 Å². The zero-order chi connectivity index (χ0) is 16.8. The zero-order valence-corrected chi connectivity index (χ0v) is 13.8. The molecule has 8 heteroatoms. The lowest BCUT2D eigenvalue weighted by Gasteiger charge is -2.11. The third-order valence-corrected chi connectivity index (χ3v) is 4.68. The number of fused-ring (bicyclic) bond motifs is 3. The van der Waals surface area contributed by atoms with E-state index in [-0.39, 0.29) is 0 Å². The van der Waals surface area contributed by atoms with Gasteiger partial charge in [-0.25, -0.2) is 4.98 Å². The van der Waals surface area contributed by atoms with Gasteiger partial charge in [0.2, 0.25) is 5.16 Å². The number of nitrogens with zero attached hydrogens (tertiary/aromatic N) is 6. The van der Waals surface area contributed by atoms with Crippen LogP contribution in [0.5, 0.6) is 0 Å². The molecule has 4 rings (SSSR count). The third kappa shape index (κ3) is 1.95. The minimum atomic E-state index is -1.30. The Morgan fingerprint density at radius 3 is 2.83 bits per heavy atom. The van der Waals surface area contributed by atoms with E-state index in [0.29, 0.717) is 22.2 Å². The predicted molar refractivity (Wildman–Crippen MR) is 89.4 cm³/mol. The summed E-state index contributed by atoms with van der Waals surface area (Å²) in [7, 11) is -1.30. The van der Waals surface area contributed by atoms with Crippen LogP contribution < -0.4 is 0 Å². The maximum atomic E-state index is 12.0. The first-order valence-corrected chi connectivity index (χ1v) is 8.72. The van der Waals surface area contributed by atoms with Crippen molar-refractivity contribution in [1.29, 1.82) is 5.26 Å². The Kier molecular flexibility index (Phi) is 3.18. The number of aromatic nitrogens is 5. The van der Waals surface area contributed by atoms with Crippen molar-refractivity contribution < 1.29 is 4.21 Å². The number of hydrogen-bond donors (Lipinski definition) is 0. The van der Waals surface area contributed by atoms with Crippen molar-refractivity contribution >= 4 is 27.5 Å². The van der Waals surface area contributed by atoms with Gasteiger partial charge >= 0.3 is 0 Å². The summed E-state index contributed by atoms with van der Waals surface area (Å²) in [4.78, 5) is 4.60. The monoisotopic (exact) mass is 336 g/mol. The highest BCUT2D eigenvalue weighted by Crippen LogP contribution is 2.26. The summed E-state index contributed by atoms with van der Waals surface area (Å²) in [5.74, 6) is 0.699. The smallest absolute Gasteiger partial charge is 0.226 e. The summed E-state index contributed by atoms with van der Waals surface area (Å²) in [5.41, 5.74) is 3.52. The summed E-state index contributed by atoms with van der Waals surface area (Å²) in [6, 6.07) is 11.7. The van der Waals surface area contributed by atoms with E-state index in [1.54, 1.807) is 10.8 Å². The molecule has 1 atom stereocenters. The third-order valence-electron chi connectivity index (χ3n) is 3.89. The van der Waals surface area contributed by atoms with Crippen LogP contribution in [0.1, 0.15) is 11.1 Å². The largest absolute Gasteiger partial charge is 0.277 e. The summed E-state index contributed by atoms with van der Waals surface area (Å²) in [6.07, 6.45) is 3.08. The van der Waals surface area contributed by atoms with Gasteiger partial charge in [-0.15, -0.1) is 10.2 Å². The van der Waals surface area contributed by atoms with E-state index in [1.165, 1.54) is 6.33 Å². The molecule has 0 saturated heterocycles. The lowest BCUT2D eigenvalue weighted by atomic mass is 10.1. The molecule has 0 amide bonds. The molecule has 0 N–H and O–H groups in total. The number of para-hydroxylation sites is 2. The number of pyridine rings is 1. The lowest BCUT2D eigenvalue weighted by Crippen LogP contribution is -2.08. The van der Waals surface area contributed by atoms with Crippen LogP contribution >= 0.6 is 0 Å². The molecule has 7 nitrogen and oxygen atoms in total. The highest BCUT2D eigenvalue weighted by Gasteiger charge is 2.19. The van der Waals surface area contributed by atoms with Crippen molar-refractivity contribution in [3.8, 4) is 11.9 Å². The lowest BCUT2D eigenvalue weighted by molar-refractivity contribution is 0.674. The molecule has 24 heavy (non-hydrogen) atoms. The molecule has 0 aliphatic rings. The van der Waals surface area contributed by atoms with Crippen LogP contribution in [0.2, 0.25) is 0 Å². The molecule has 1 unspecified atom stereocenters. The number of nitriles is 1. The van der Waals surface area contributed by atoms with E-state index in [4.69, 9.17) is 0 Å². The molecule has 0 aliphatic carbocycles. The van der Waals surface area contributed by atoms with Gasteiger partial charge in [-0.3, -0.25) is 13.2 Å². The predicted octanol–water partition coefficient (Wildman–Crippen LogP) is 1.99. The van der Waals surface area contributed by atoms with Crippen LogP contribution in [-0.4, -0.2) is 34.6 Å². The van der Waals surface area contributed by atoms with Crippen molar-refractivity contribution in [3.05, 3.63) is 47.8 Å². The molecule has 4 aromatic rings. The number of benzene rings is 1. The van der Waals surface area contributed by atoms with Gasteiger partial charge < -0.3 is 0 Å². The summed E-state index contributed by atoms with van der Waals surface area (Å²) in [6.45, 7) is 1.86. The van der Waals surface area contributed by atoms with Gasteiger partial charge in [0, 0.05) is 6.26 Å². The van der Waals surface area contributed by atoms with E-state index in [9.17, 15) is 9.47 Å². The Morgan fingerprint density at radius 1 is 1.29 bits per heavy atom. The Labute approximate surface area is 139 Å². The van der Waals surface area contributed by atoms with Crippen molar-refractivity contribution in [2.75, 3.05) is 6.26 Å². The molecule has 0 aliphatic heterocycles. The summed E-state index contributed by atoms with van der Waals surface area (Å²) >= 11 is 0. The molecule has 0 bridgehead atoms. The molecule has 0 spiro atoms. The van der Waals surface area contributed by atoms with Gasteiger partial charge in [-0.1, -0.05) is 12.1 Å². The SMILES string of the molecule is Cc1cc(-n2cnnc2S(C)=O)n2c(nc3ccccc32)c1C#N. The highest BCUT2D eigenvalue weighted by molar-refractivity contribution is 7.84. The highest BCUT2D eigenvalue weighted by atomic mass is 32.2. The van der Waals surface area contributed by atoms with E-state index in [1.807, 2.05) is 41.7 Å². The Morgan fingerprint density at radius 2 is 2.08 bits per heavy atom. The molecular formula is C16H12N6OS. The first kappa shape index (κ1) is 14.5. The minimum Gasteiger partial charge on any atom is -0.277 e. The van der Waals surface area contributed by atoms with Crippen LogP contribution in [0.15, 0.2) is 41.8 Å². The van der Waals surface area contributed by atoms with Crippen LogP contribution in [-0.2, 0) is 10.8 Å². The van der Waals surface area contributed by atoms with E-state index < -0.39 is 10.8 Å². The second kappa shape index (κ2) is 5.25. The summed E-state index contributed by atoms with van der Waals surface area (Å²) in [5, 5.41) is 17.7. The van der Waals surface area contributed by atoms with E-state index >= 15 is 0 Å². The maximum absolute atomic E-state index is 12.0. The van der Waals surface area contributed by atoms with Crippen molar-refractivity contribution in [2.45, 2.75) is 12.1 Å². The number of rotatable bonds is 2. The fourth-order valence-electron chi connectivity index (χ4n) is 2.83. The van der Waals surface area contributed by atoms with Gasteiger partial charge in [0.25, 0.3) is 0 Å². The molecule has 118 valence electrons. The van der Waals surface area contributed by atoms with Gasteiger partial charge in [0.05, 0.1) is 27.4 Å². The van der Waals surface area contributed by atoms with Crippen molar-refractivity contribution in [3.63, 3.8) is 0 Å². The average molecular weight is 336 g/mol. The van der Waals surface area contributed by atoms with Gasteiger partial charge in [-0.2, -0.15) is 5.26 Å². The zero-order valence-electron chi connectivity index (χ0n) is 13.0. The fourth-order valence-corrected chi connectivity index (χ4v) is 3.41. The average Bonchev–Trinajstić information content (AvgIpc) is 3.19. The van der Waals surface area contributed by atoms with Gasteiger partial charge in [0.15, 0.2) is 5.65 Å². The molecular weight excluding hydrogens is 324 g/mol. The second-order valence-electron chi connectivity index (χ2n) is 5.37. The van der Waals surface area contributed by atoms with Crippen LogP contribution in [0.4, 0.5) is 0 Å². The second-order valence-corrected chi connectivity index (χ2v) is 6.64. The molecule has 3 aromatic heterocycles. The minimum absolute atomic E-state index is 0.346. The van der Waals surface area contributed by atoms with Crippen LogP contribution in [0.25, 0.3) is 22.5 Å². The fraction of sp³-hybridized carbons (Fsp3) is 0.125. The Bertz CT molecular complexity index is 1170. The molecule has 3 heterocycles. The quantitative estimate of drug-likeness (QED) is 0.558. The molecule has 0 fully saturated rings. The van der Waals surface area contributed by atoms with Crippen molar-refractivity contribution in [2.24, 2.45) is 0 Å². The van der Waals surface area contributed by atoms with Crippen LogP contribution in [0.3, 0.4) is 0 Å². The van der Waals surface area contributed by atoms with Gasteiger partial charge in [0.1, 0.15) is 18.2 Å². The maximum Gasteiger partial charge on any atom is 0.226 e. The number of hydrogen-bond acceptors (Lipinski definition) is 5.